The first kappa shape index (κ1) is 17.0. The minimum atomic E-state index is -0.344. The van der Waals surface area contributed by atoms with Crippen LogP contribution in [-0.4, -0.2) is 29.9 Å². The second kappa shape index (κ2) is 7.67. The Bertz CT molecular complexity index is 331. The summed E-state index contributed by atoms with van der Waals surface area (Å²) in [6.07, 6.45) is 7.67. The standard InChI is InChI=1S/C16H29NO3/c1-12(2)17-15(18)19-13-8-6-7-9-14(11-10-13)20-16(3,4)5/h10-14H,6-9H2,1-5H3,(H,17,18)/b11-10+. The lowest BCUT2D eigenvalue weighted by atomic mass is 10.0. The molecule has 0 aromatic rings. The van der Waals surface area contributed by atoms with Crippen LogP contribution in [0.25, 0.3) is 0 Å². The van der Waals surface area contributed by atoms with Crippen molar-refractivity contribution in [2.75, 3.05) is 0 Å². The summed E-state index contributed by atoms with van der Waals surface area (Å²) in [5.74, 6) is 0. The van der Waals surface area contributed by atoms with Crippen LogP contribution in [0, 0.1) is 0 Å². The number of ether oxygens (including phenoxy) is 2. The van der Waals surface area contributed by atoms with E-state index in [2.05, 4.69) is 26.1 Å². The van der Waals surface area contributed by atoms with E-state index < -0.39 is 0 Å². The fraction of sp³-hybridized carbons (Fsp3) is 0.812. The Morgan fingerprint density at radius 1 is 1.15 bits per heavy atom. The predicted octanol–water partition coefficient (Wildman–Crippen LogP) is 3.80. The van der Waals surface area contributed by atoms with Crippen molar-refractivity contribution >= 4 is 6.09 Å². The third kappa shape index (κ3) is 7.53. The second-order valence-electron chi connectivity index (χ2n) is 6.68. The monoisotopic (exact) mass is 283 g/mol. The third-order valence-corrected chi connectivity index (χ3v) is 2.94. The van der Waals surface area contributed by atoms with Crippen LogP contribution >= 0.6 is 0 Å². The van der Waals surface area contributed by atoms with Crippen LogP contribution in [0.3, 0.4) is 0 Å². The van der Waals surface area contributed by atoms with Crippen molar-refractivity contribution in [3.63, 3.8) is 0 Å². The molecule has 0 bridgehead atoms. The maximum atomic E-state index is 11.6. The maximum Gasteiger partial charge on any atom is 0.407 e. The van der Waals surface area contributed by atoms with Crippen LogP contribution in [0.2, 0.25) is 0 Å². The van der Waals surface area contributed by atoms with Gasteiger partial charge in [-0.3, -0.25) is 0 Å². The molecule has 0 saturated heterocycles. The first-order chi connectivity index (χ1) is 9.26. The number of hydrogen-bond donors (Lipinski definition) is 1. The molecule has 1 aliphatic carbocycles. The predicted molar refractivity (Wildman–Crippen MR) is 80.8 cm³/mol. The zero-order chi connectivity index (χ0) is 15.2. The second-order valence-corrected chi connectivity index (χ2v) is 6.68. The van der Waals surface area contributed by atoms with Gasteiger partial charge in [-0.15, -0.1) is 0 Å². The summed E-state index contributed by atoms with van der Waals surface area (Å²) in [5.41, 5.74) is -0.153. The molecule has 4 heteroatoms. The van der Waals surface area contributed by atoms with E-state index in [0.717, 1.165) is 25.7 Å². The van der Waals surface area contributed by atoms with Crippen molar-refractivity contribution in [3.05, 3.63) is 12.2 Å². The van der Waals surface area contributed by atoms with Crippen LogP contribution in [-0.2, 0) is 9.47 Å². The Labute approximate surface area is 122 Å². The Kier molecular flexibility index (Phi) is 6.53. The molecule has 1 N–H and O–H groups in total. The van der Waals surface area contributed by atoms with E-state index in [9.17, 15) is 4.79 Å². The zero-order valence-electron chi connectivity index (χ0n) is 13.4. The largest absolute Gasteiger partial charge is 0.442 e. The smallest absolute Gasteiger partial charge is 0.407 e. The molecule has 0 fully saturated rings. The molecular formula is C16H29NO3. The van der Waals surface area contributed by atoms with Gasteiger partial charge in [0.15, 0.2) is 0 Å². The Balaban J connectivity index is 2.54. The highest BCUT2D eigenvalue weighted by Crippen LogP contribution is 2.21. The van der Waals surface area contributed by atoms with Crippen LogP contribution < -0.4 is 5.32 Å². The minimum Gasteiger partial charge on any atom is -0.442 e. The van der Waals surface area contributed by atoms with Crippen molar-refractivity contribution in [3.8, 4) is 0 Å². The molecule has 0 aromatic heterocycles. The number of carbonyl (C=O) groups is 1. The maximum absolute atomic E-state index is 11.6. The topological polar surface area (TPSA) is 47.6 Å². The summed E-state index contributed by atoms with van der Waals surface area (Å²) in [7, 11) is 0. The summed E-state index contributed by atoms with van der Waals surface area (Å²) in [4.78, 5) is 11.6. The van der Waals surface area contributed by atoms with Crippen molar-refractivity contribution in [1.29, 1.82) is 0 Å². The van der Waals surface area contributed by atoms with Crippen LogP contribution in [0.15, 0.2) is 12.2 Å². The molecular weight excluding hydrogens is 254 g/mol. The number of carbonyl (C=O) groups excluding carboxylic acids is 1. The van der Waals surface area contributed by atoms with E-state index in [4.69, 9.17) is 9.47 Å². The van der Waals surface area contributed by atoms with E-state index in [0.29, 0.717) is 0 Å². The van der Waals surface area contributed by atoms with Gasteiger partial charge in [0.25, 0.3) is 0 Å². The molecule has 1 aliphatic rings. The number of alkyl carbamates (subject to hydrolysis) is 1. The third-order valence-electron chi connectivity index (χ3n) is 2.94. The Morgan fingerprint density at radius 3 is 2.25 bits per heavy atom. The van der Waals surface area contributed by atoms with Crippen molar-refractivity contribution in [1.82, 2.24) is 5.32 Å². The van der Waals surface area contributed by atoms with Gasteiger partial charge in [-0.25, -0.2) is 4.79 Å². The Hall–Kier alpha value is -1.03. The van der Waals surface area contributed by atoms with E-state index in [1.807, 2.05) is 26.0 Å². The minimum absolute atomic E-state index is 0.0945. The summed E-state index contributed by atoms with van der Waals surface area (Å²) < 4.78 is 11.4. The van der Waals surface area contributed by atoms with E-state index in [-0.39, 0.29) is 29.9 Å². The highest BCUT2D eigenvalue weighted by Gasteiger charge is 2.20. The van der Waals surface area contributed by atoms with Crippen molar-refractivity contribution in [2.24, 2.45) is 0 Å². The van der Waals surface area contributed by atoms with Gasteiger partial charge in [-0.2, -0.15) is 0 Å². The average molecular weight is 283 g/mol. The van der Waals surface area contributed by atoms with Crippen LogP contribution in [0.4, 0.5) is 4.79 Å². The summed E-state index contributed by atoms with van der Waals surface area (Å²) in [6, 6.07) is 0.0945. The molecule has 1 rings (SSSR count). The van der Waals surface area contributed by atoms with E-state index in [1.165, 1.54) is 0 Å². The quantitative estimate of drug-likeness (QED) is 0.801. The lowest BCUT2D eigenvalue weighted by Gasteiger charge is -2.27. The average Bonchev–Trinajstić information content (AvgIpc) is 2.24. The molecule has 2 atom stereocenters. The van der Waals surface area contributed by atoms with Crippen molar-refractivity contribution < 1.29 is 14.3 Å². The first-order valence-electron chi connectivity index (χ1n) is 7.59. The fourth-order valence-corrected chi connectivity index (χ4v) is 2.19. The molecule has 0 saturated carbocycles. The molecule has 0 aromatic carbocycles. The molecule has 20 heavy (non-hydrogen) atoms. The number of hydrogen-bond acceptors (Lipinski definition) is 3. The zero-order valence-corrected chi connectivity index (χ0v) is 13.4. The first-order valence-corrected chi connectivity index (χ1v) is 7.59. The van der Waals surface area contributed by atoms with Gasteiger partial charge in [-0.1, -0.05) is 12.5 Å². The lowest BCUT2D eigenvalue weighted by molar-refractivity contribution is -0.0431. The molecule has 0 radical (unpaired) electrons. The highest BCUT2D eigenvalue weighted by atomic mass is 16.6. The van der Waals surface area contributed by atoms with Gasteiger partial charge < -0.3 is 14.8 Å². The molecule has 0 aliphatic heterocycles. The molecule has 0 spiro atoms. The molecule has 1 amide bonds. The van der Waals surface area contributed by atoms with Gasteiger partial charge in [0.1, 0.15) is 6.10 Å². The van der Waals surface area contributed by atoms with E-state index >= 15 is 0 Å². The fourth-order valence-electron chi connectivity index (χ4n) is 2.19. The molecule has 0 heterocycles. The van der Waals surface area contributed by atoms with Gasteiger partial charge in [0, 0.05) is 6.04 Å². The van der Waals surface area contributed by atoms with Gasteiger partial charge in [-0.05, 0) is 60.0 Å². The van der Waals surface area contributed by atoms with Crippen LogP contribution in [0.1, 0.15) is 60.3 Å². The molecule has 4 nitrogen and oxygen atoms in total. The lowest BCUT2D eigenvalue weighted by Crippen LogP contribution is -2.34. The van der Waals surface area contributed by atoms with Crippen LogP contribution in [0.5, 0.6) is 0 Å². The van der Waals surface area contributed by atoms with Gasteiger partial charge >= 0.3 is 6.09 Å². The summed E-state index contributed by atoms with van der Waals surface area (Å²) in [6.45, 7) is 10.0. The van der Waals surface area contributed by atoms with Gasteiger partial charge in [0.05, 0.1) is 11.7 Å². The Morgan fingerprint density at radius 2 is 1.70 bits per heavy atom. The number of rotatable bonds is 3. The number of nitrogens with one attached hydrogen (secondary N) is 1. The molecule has 2 unspecified atom stereocenters. The number of amides is 1. The summed E-state index contributed by atoms with van der Waals surface area (Å²) in [5, 5.41) is 2.75. The molecule has 116 valence electrons. The highest BCUT2D eigenvalue weighted by molar-refractivity contribution is 5.67. The normalized spacial score (nSPS) is 25.7. The van der Waals surface area contributed by atoms with Gasteiger partial charge in [0.2, 0.25) is 0 Å². The summed E-state index contributed by atoms with van der Waals surface area (Å²) >= 11 is 0. The van der Waals surface area contributed by atoms with E-state index in [1.54, 1.807) is 0 Å². The van der Waals surface area contributed by atoms with Crippen molar-refractivity contribution in [2.45, 2.75) is 84.2 Å². The SMILES string of the molecule is CC(C)NC(=O)OC1/C=C/C(OC(C)(C)C)CCCC1.